The van der Waals surface area contributed by atoms with Gasteiger partial charge in [0.05, 0.1) is 39.9 Å². The van der Waals surface area contributed by atoms with Crippen molar-refractivity contribution in [3.63, 3.8) is 0 Å². The average molecular weight is 458 g/mol. The molecule has 1 saturated heterocycles. The maximum atomic E-state index is 12.3. The van der Waals surface area contributed by atoms with Crippen LogP contribution in [0.3, 0.4) is 0 Å². The van der Waals surface area contributed by atoms with Crippen molar-refractivity contribution < 1.29 is 23.7 Å². The number of carbonyl (C=O) groups excluding carboxylic acids is 1. The van der Waals surface area contributed by atoms with Crippen LogP contribution in [0.4, 0.5) is 0 Å². The van der Waals surface area contributed by atoms with Crippen LogP contribution in [0.15, 0.2) is 46.6 Å². The minimum absolute atomic E-state index is 0.0205. The molecule has 2 aromatic carbocycles. The van der Waals surface area contributed by atoms with Gasteiger partial charge >= 0.3 is 0 Å². The van der Waals surface area contributed by atoms with Crippen LogP contribution in [-0.2, 0) is 11.2 Å². The number of methoxy groups -OCH3 is 3. The summed E-state index contributed by atoms with van der Waals surface area (Å²) in [7, 11) is 4.80. The Balaban J connectivity index is 1.68. The molecule has 1 amide bonds. The Labute approximate surface area is 192 Å². The van der Waals surface area contributed by atoms with Crippen LogP contribution in [0.5, 0.6) is 23.0 Å². The zero-order valence-electron chi connectivity index (χ0n) is 18.7. The molecule has 2 aromatic rings. The molecule has 1 aliphatic rings. The van der Waals surface area contributed by atoms with E-state index >= 15 is 0 Å². The molecule has 32 heavy (non-hydrogen) atoms. The number of amidine groups is 1. The Morgan fingerprint density at radius 1 is 1.00 bits per heavy atom. The molecule has 9 heteroatoms. The van der Waals surface area contributed by atoms with Gasteiger partial charge in [0.1, 0.15) is 0 Å². The largest absolute Gasteiger partial charge is 0.493 e. The monoisotopic (exact) mass is 457 g/mol. The number of carbonyl (C=O) groups is 1. The van der Waals surface area contributed by atoms with Gasteiger partial charge < -0.3 is 18.9 Å². The highest BCUT2D eigenvalue weighted by atomic mass is 32.2. The molecule has 8 nitrogen and oxygen atoms in total. The smallest absolute Gasteiger partial charge is 0.239 e. The number of rotatable bonds is 10. The minimum atomic E-state index is 0.0205. The van der Waals surface area contributed by atoms with Crippen LogP contribution in [0.1, 0.15) is 18.1 Å². The van der Waals surface area contributed by atoms with E-state index < -0.39 is 0 Å². The first-order chi connectivity index (χ1) is 15.6. The summed E-state index contributed by atoms with van der Waals surface area (Å²) in [6, 6.07) is 11.3. The molecule has 3 rings (SSSR count). The van der Waals surface area contributed by atoms with Gasteiger partial charge in [0.2, 0.25) is 5.91 Å². The number of amides is 1. The summed E-state index contributed by atoms with van der Waals surface area (Å²) >= 11 is 1.38. The van der Waals surface area contributed by atoms with Crippen LogP contribution in [0.2, 0.25) is 0 Å². The van der Waals surface area contributed by atoms with Crippen molar-refractivity contribution in [2.45, 2.75) is 13.3 Å². The van der Waals surface area contributed by atoms with Gasteiger partial charge in [-0.15, -0.1) is 5.10 Å². The van der Waals surface area contributed by atoms with Gasteiger partial charge in [-0.25, -0.2) is 0 Å². The summed E-state index contributed by atoms with van der Waals surface area (Å²) in [4.78, 5) is 14.0. The third-order valence-corrected chi connectivity index (χ3v) is 5.72. The lowest BCUT2D eigenvalue weighted by Crippen LogP contribution is -2.31. The second kappa shape index (κ2) is 11.4. The predicted molar refractivity (Wildman–Crippen MR) is 127 cm³/mol. The Morgan fingerprint density at radius 2 is 1.72 bits per heavy atom. The number of thioether (sulfide) groups is 1. The molecule has 0 radical (unpaired) electrons. The van der Waals surface area contributed by atoms with E-state index in [0.717, 1.165) is 11.1 Å². The molecule has 0 spiro atoms. The average Bonchev–Trinajstić information content (AvgIpc) is 3.17. The number of benzene rings is 2. The van der Waals surface area contributed by atoms with E-state index in [0.29, 0.717) is 53.5 Å². The lowest BCUT2D eigenvalue weighted by Gasteiger charge is -2.16. The van der Waals surface area contributed by atoms with Crippen molar-refractivity contribution in [2.24, 2.45) is 10.2 Å². The molecular formula is C23H27N3O5S. The first kappa shape index (κ1) is 23.5. The molecule has 0 unspecified atom stereocenters. The van der Waals surface area contributed by atoms with E-state index in [4.69, 9.17) is 18.9 Å². The topological polar surface area (TPSA) is 82.0 Å². The summed E-state index contributed by atoms with van der Waals surface area (Å²) in [5, 5.41) is 9.04. The quantitative estimate of drug-likeness (QED) is 0.400. The minimum Gasteiger partial charge on any atom is -0.493 e. The zero-order chi connectivity index (χ0) is 22.9. The molecule has 0 aliphatic carbocycles. The van der Waals surface area contributed by atoms with Crippen molar-refractivity contribution in [1.82, 2.24) is 4.90 Å². The van der Waals surface area contributed by atoms with Crippen LogP contribution >= 0.6 is 11.8 Å². The molecule has 0 aromatic heterocycles. The summed E-state index contributed by atoms with van der Waals surface area (Å²) in [5.74, 6) is 3.02. The van der Waals surface area contributed by atoms with E-state index in [-0.39, 0.29) is 5.91 Å². The Kier molecular flexibility index (Phi) is 8.38. The molecular weight excluding hydrogens is 430 g/mol. The van der Waals surface area contributed by atoms with E-state index in [2.05, 4.69) is 10.2 Å². The maximum absolute atomic E-state index is 12.3. The predicted octanol–water partition coefficient (Wildman–Crippen LogP) is 3.62. The van der Waals surface area contributed by atoms with Crippen molar-refractivity contribution in [2.75, 3.05) is 40.2 Å². The summed E-state index contributed by atoms with van der Waals surface area (Å²) in [6.07, 6.45) is 2.28. The lowest BCUT2D eigenvalue weighted by atomic mass is 10.1. The lowest BCUT2D eigenvalue weighted by molar-refractivity contribution is -0.124. The van der Waals surface area contributed by atoms with Gasteiger partial charge in [0.25, 0.3) is 0 Å². The van der Waals surface area contributed by atoms with E-state index in [1.807, 2.05) is 43.3 Å². The molecule has 1 heterocycles. The van der Waals surface area contributed by atoms with E-state index in [1.165, 1.54) is 11.8 Å². The molecule has 170 valence electrons. The first-order valence-corrected chi connectivity index (χ1v) is 11.1. The van der Waals surface area contributed by atoms with Gasteiger partial charge in [-0.1, -0.05) is 17.8 Å². The summed E-state index contributed by atoms with van der Waals surface area (Å²) in [5.41, 5.74) is 1.86. The van der Waals surface area contributed by atoms with E-state index in [1.54, 1.807) is 32.4 Å². The van der Waals surface area contributed by atoms with Crippen molar-refractivity contribution in [3.05, 3.63) is 47.5 Å². The number of nitrogens with zero attached hydrogens (tertiary/aromatic N) is 3. The fourth-order valence-electron chi connectivity index (χ4n) is 3.15. The number of hydrogen-bond acceptors (Lipinski definition) is 8. The van der Waals surface area contributed by atoms with Gasteiger partial charge in [-0.2, -0.15) is 5.10 Å². The highest BCUT2D eigenvalue weighted by Gasteiger charge is 2.28. The van der Waals surface area contributed by atoms with E-state index in [9.17, 15) is 4.79 Å². The van der Waals surface area contributed by atoms with Crippen LogP contribution in [-0.4, -0.2) is 62.4 Å². The summed E-state index contributed by atoms with van der Waals surface area (Å²) in [6.45, 7) is 2.98. The highest BCUT2D eigenvalue weighted by Crippen LogP contribution is 2.29. The third kappa shape index (κ3) is 5.73. The molecule has 0 atom stereocenters. The first-order valence-electron chi connectivity index (χ1n) is 10.2. The van der Waals surface area contributed by atoms with Crippen LogP contribution < -0.4 is 18.9 Å². The van der Waals surface area contributed by atoms with Gasteiger partial charge in [-0.3, -0.25) is 9.69 Å². The highest BCUT2D eigenvalue weighted by molar-refractivity contribution is 8.15. The molecule has 0 bridgehead atoms. The van der Waals surface area contributed by atoms with Crippen LogP contribution in [0.25, 0.3) is 0 Å². The second-order valence-electron chi connectivity index (χ2n) is 6.74. The molecule has 1 fully saturated rings. The SMILES string of the molecule is CCOc1ccc(/C=N/N=C2\SCC(=O)N2CCc2ccc(OC)c(OC)c2)cc1OC. The van der Waals surface area contributed by atoms with Crippen LogP contribution in [0, 0.1) is 0 Å². The van der Waals surface area contributed by atoms with Crippen molar-refractivity contribution >= 4 is 29.1 Å². The second-order valence-corrected chi connectivity index (χ2v) is 7.69. The molecule has 0 saturated carbocycles. The Morgan fingerprint density at radius 3 is 2.44 bits per heavy atom. The Bertz CT molecular complexity index is 1010. The zero-order valence-corrected chi connectivity index (χ0v) is 19.5. The number of hydrogen-bond donors (Lipinski definition) is 0. The van der Waals surface area contributed by atoms with Gasteiger partial charge in [-0.05, 0) is 54.8 Å². The standard InChI is InChI=1S/C23H27N3O5S/c1-5-31-19-9-7-17(13-21(19)30-4)14-24-25-23-26(22(27)15-32-23)11-10-16-6-8-18(28-2)20(12-16)29-3/h6-9,12-14H,5,10-11,15H2,1-4H3/b24-14+,25-23-. The fraction of sp³-hybridized carbons (Fsp3) is 0.348. The number of ether oxygens (including phenoxy) is 4. The van der Waals surface area contributed by atoms with Crippen molar-refractivity contribution in [3.8, 4) is 23.0 Å². The van der Waals surface area contributed by atoms with Gasteiger partial charge in [0, 0.05) is 6.54 Å². The summed E-state index contributed by atoms with van der Waals surface area (Å²) < 4.78 is 21.5. The molecule has 0 N–H and O–H groups in total. The fourth-order valence-corrected chi connectivity index (χ4v) is 4.02. The Hall–Kier alpha value is -3.20. The molecule has 1 aliphatic heterocycles. The normalized spacial score (nSPS) is 14.9. The third-order valence-electron chi connectivity index (χ3n) is 4.77. The van der Waals surface area contributed by atoms with Gasteiger partial charge in [0.15, 0.2) is 28.2 Å². The maximum Gasteiger partial charge on any atom is 0.239 e. The van der Waals surface area contributed by atoms with Crippen molar-refractivity contribution in [1.29, 1.82) is 0 Å².